The van der Waals surface area contributed by atoms with Gasteiger partial charge < -0.3 is 5.11 Å². The third kappa shape index (κ3) is 3.47. The molecule has 0 amide bonds. The van der Waals surface area contributed by atoms with Gasteiger partial charge in [-0.2, -0.15) is 0 Å². The second-order valence-electron chi connectivity index (χ2n) is 7.35. The highest BCUT2D eigenvalue weighted by Crippen LogP contribution is 2.43. The lowest BCUT2D eigenvalue weighted by atomic mass is 9.70. The summed E-state index contributed by atoms with van der Waals surface area (Å²) in [4.78, 5) is 0. The summed E-state index contributed by atoms with van der Waals surface area (Å²) in [6.07, 6.45) is 12.4. The van der Waals surface area contributed by atoms with Gasteiger partial charge in [-0.05, 0) is 43.9 Å². The maximum Gasteiger partial charge on any atom is 0.125 e. The number of rotatable bonds is 2. The van der Waals surface area contributed by atoms with Gasteiger partial charge in [0.2, 0.25) is 0 Å². The van der Waals surface area contributed by atoms with E-state index < -0.39 is 17.7 Å². The Balaban J connectivity index is 1.59. The van der Waals surface area contributed by atoms with Gasteiger partial charge in [0.1, 0.15) is 6.17 Å². The fraction of sp³-hybridized carbons (Fsp3) is 0.889. The molecule has 3 aliphatic carbocycles. The molecule has 5 atom stereocenters. The van der Waals surface area contributed by atoms with Crippen molar-refractivity contribution in [1.29, 1.82) is 0 Å². The van der Waals surface area contributed by atoms with E-state index in [1.54, 1.807) is 0 Å². The van der Waals surface area contributed by atoms with Crippen molar-refractivity contribution in [1.82, 2.24) is 0 Å². The molecular formula is C18H28ClFO. The number of halogens is 2. The third-order valence-corrected chi connectivity index (χ3v) is 6.64. The van der Waals surface area contributed by atoms with Crippen LogP contribution in [0.4, 0.5) is 4.39 Å². The molecule has 0 aromatic heterocycles. The van der Waals surface area contributed by atoms with E-state index in [4.69, 9.17) is 11.6 Å². The van der Waals surface area contributed by atoms with Crippen molar-refractivity contribution in [2.45, 2.75) is 81.9 Å². The van der Waals surface area contributed by atoms with E-state index in [0.29, 0.717) is 6.42 Å². The lowest BCUT2D eigenvalue weighted by Gasteiger charge is -2.38. The van der Waals surface area contributed by atoms with Gasteiger partial charge in [0, 0.05) is 5.92 Å². The van der Waals surface area contributed by atoms with Crippen LogP contribution in [0, 0.1) is 17.8 Å². The molecule has 21 heavy (non-hydrogen) atoms. The molecule has 2 saturated carbocycles. The van der Waals surface area contributed by atoms with Gasteiger partial charge in [0.05, 0.1) is 11.5 Å². The van der Waals surface area contributed by atoms with Crippen molar-refractivity contribution in [3.8, 4) is 0 Å². The number of aliphatic hydroxyl groups is 1. The first-order chi connectivity index (χ1) is 10.2. The van der Waals surface area contributed by atoms with Crippen molar-refractivity contribution < 1.29 is 9.50 Å². The summed E-state index contributed by atoms with van der Waals surface area (Å²) in [6, 6.07) is 0. The zero-order valence-electron chi connectivity index (χ0n) is 12.8. The van der Waals surface area contributed by atoms with Gasteiger partial charge in [0.25, 0.3) is 0 Å². The van der Waals surface area contributed by atoms with E-state index in [1.807, 2.05) is 0 Å². The molecule has 1 N–H and O–H groups in total. The number of hydrogen-bond donors (Lipinski definition) is 1. The highest BCUT2D eigenvalue weighted by Gasteiger charge is 2.40. The topological polar surface area (TPSA) is 20.2 Å². The summed E-state index contributed by atoms with van der Waals surface area (Å²) in [5.74, 6) is 1.70. The van der Waals surface area contributed by atoms with Gasteiger partial charge in [-0.1, -0.05) is 43.8 Å². The lowest BCUT2D eigenvalue weighted by molar-refractivity contribution is 0.0623. The molecule has 3 heteroatoms. The Bertz CT molecular complexity index is 377. The molecule has 1 nitrogen and oxygen atoms in total. The quantitative estimate of drug-likeness (QED) is 0.561. The molecule has 0 spiro atoms. The van der Waals surface area contributed by atoms with Crippen LogP contribution >= 0.6 is 11.6 Å². The molecular weight excluding hydrogens is 287 g/mol. The molecule has 0 radical (unpaired) electrons. The standard InChI is InChI=1S/C18H28ClFO/c19-17-16(21)11-10-15(18(17)20)14-8-6-13(7-9-14)12-4-2-1-3-5-12/h8,12-13,15-18,21H,1-7,9-11H2. The Morgan fingerprint density at radius 2 is 1.76 bits per heavy atom. The molecule has 3 aliphatic rings. The van der Waals surface area contributed by atoms with Crippen molar-refractivity contribution in [3.05, 3.63) is 11.6 Å². The molecule has 3 rings (SSSR count). The Morgan fingerprint density at radius 3 is 2.43 bits per heavy atom. The third-order valence-electron chi connectivity index (χ3n) is 6.11. The Hall–Kier alpha value is -0.0800. The van der Waals surface area contributed by atoms with Crippen molar-refractivity contribution in [3.63, 3.8) is 0 Å². The molecule has 0 aromatic carbocycles. The number of alkyl halides is 2. The fourth-order valence-electron chi connectivity index (χ4n) is 4.74. The zero-order chi connectivity index (χ0) is 14.8. The minimum Gasteiger partial charge on any atom is -0.391 e. The van der Waals surface area contributed by atoms with E-state index in [9.17, 15) is 9.50 Å². The first-order valence-electron chi connectivity index (χ1n) is 8.82. The first-order valence-corrected chi connectivity index (χ1v) is 9.25. The lowest BCUT2D eigenvalue weighted by Crippen LogP contribution is -2.41. The predicted octanol–water partition coefficient (Wildman–Crippen LogP) is 5.01. The molecule has 0 heterocycles. The number of hydrogen-bond acceptors (Lipinski definition) is 1. The minimum atomic E-state index is -1.08. The van der Waals surface area contributed by atoms with Crippen molar-refractivity contribution in [2.24, 2.45) is 17.8 Å². The second kappa shape index (κ2) is 7.00. The maximum absolute atomic E-state index is 14.4. The second-order valence-corrected chi connectivity index (χ2v) is 7.86. The normalized spacial score (nSPS) is 42.6. The SMILES string of the molecule is OC1CCC(C2=CCC(C3CCCCC3)CC2)C(F)C1Cl. The molecule has 0 saturated heterocycles. The number of aliphatic hydroxyl groups excluding tert-OH is 1. The van der Waals surface area contributed by atoms with Gasteiger partial charge in [-0.25, -0.2) is 4.39 Å². The van der Waals surface area contributed by atoms with Crippen LogP contribution in [0.1, 0.15) is 64.2 Å². The van der Waals surface area contributed by atoms with Crippen LogP contribution in [0.25, 0.3) is 0 Å². The Labute approximate surface area is 132 Å². The van der Waals surface area contributed by atoms with Gasteiger partial charge in [0.15, 0.2) is 0 Å². The summed E-state index contributed by atoms with van der Waals surface area (Å²) in [6.45, 7) is 0. The van der Waals surface area contributed by atoms with Gasteiger partial charge in [-0.3, -0.25) is 0 Å². The molecule has 5 unspecified atom stereocenters. The molecule has 0 aromatic rings. The van der Waals surface area contributed by atoms with E-state index in [-0.39, 0.29) is 5.92 Å². The average molecular weight is 315 g/mol. The van der Waals surface area contributed by atoms with Gasteiger partial charge >= 0.3 is 0 Å². The molecule has 2 fully saturated rings. The van der Waals surface area contributed by atoms with Crippen LogP contribution in [0.3, 0.4) is 0 Å². The fourth-order valence-corrected chi connectivity index (χ4v) is 5.04. The van der Waals surface area contributed by atoms with Gasteiger partial charge in [-0.15, -0.1) is 11.6 Å². The van der Waals surface area contributed by atoms with Crippen LogP contribution in [0.2, 0.25) is 0 Å². The summed E-state index contributed by atoms with van der Waals surface area (Å²) in [5.41, 5.74) is 1.28. The largest absolute Gasteiger partial charge is 0.391 e. The van der Waals surface area contributed by atoms with E-state index >= 15 is 0 Å². The summed E-state index contributed by atoms with van der Waals surface area (Å²) < 4.78 is 14.4. The van der Waals surface area contributed by atoms with Crippen LogP contribution in [0.5, 0.6) is 0 Å². The molecule has 0 aliphatic heterocycles. The van der Waals surface area contributed by atoms with E-state index in [2.05, 4.69) is 6.08 Å². The van der Waals surface area contributed by atoms with Crippen molar-refractivity contribution in [2.75, 3.05) is 0 Å². The summed E-state index contributed by atoms with van der Waals surface area (Å²) in [7, 11) is 0. The maximum atomic E-state index is 14.4. The van der Waals surface area contributed by atoms with Crippen LogP contribution < -0.4 is 0 Å². The van der Waals surface area contributed by atoms with E-state index in [0.717, 1.165) is 31.1 Å². The summed E-state index contributed by atoms with van der Waals surface area (Å²) in [5, 5.41) is 8.96. The van der Waals surface area contributed by atoms with Crippen LogP contribution in [-0.2, 0) is 0 Å². The predicted molar refractivity (Wildman–Crippen MR) is 85.3 cm³/mol. The van der Waals surface area contributed by atoms with E-state index in [1.165, 1.54) is 44.1 Å². The zero-order valence-corrected chi connectivity index (χ0v) is 13.6. The van der Waals surface area contributed by atoms with Crippen molar-refractivity contribution >= 4 is 11.6 Å². The molecule has 120 valence electrons. The average Bonchev–Trinajstić information content (AvgIpc) is 2.54. The minimum absolute atomic E-state index is 0.0387. The highest BCUT2D eigenvalue weighted by atomic mass is 35.5. The highest BCUT2D eigenvalue weighted by molar-refractivity contribution is 6.21. The monoisotopic (exact) mass is 314 g/mol. The number of allylic oxidation sites excluding steroid dienone is 2. The smallest absolute Gasteiger partial charge is 0.125 e. The Morgan fingerprint density at radius 1 is 1.00 bits per heavy atom. The van der Waals surface area contributed by atoms with Crippen LogP contribution in [-0.4, -0.2) is 22.8 Å². The Kier molecular flexibility index (Phi) is 5.27. The van der Waals surface area contributed by atoms with Crippen LogP contribution in [0.15, 0.2) is 11.6 Å². The summed E-state index contributed by atoms with van der Waals surface area (Å²) >= 11 is 6.03. The molecule has 0 bridgehead atoms. The first kappa shape index (κ1) is 15.8.